The number of carbonyl (C=O) groups excluding carboxylic acids is 2. The number of benzene rings is 2. The first-order valence-corrected chi connectivity index (χ1v) is 10.5. The lowest BCUT2D eigenvalue weighted by Gasteiger charge is -2.22. The van der Waals surface area contributed by atoms with E-state index in [2.05, 4.69) is 6.92 Å². The molecule has 2 aromatic carbocycles. The van der Waals surface area contributed by atoms with Gasteiger partial charge in [-0.3, -0.25) is 9.59 Å². The van der Waals surface area contributed by atoms with Crippen LogP contribution < -0.4 is 4.74 Å². The van der Waals surface area contributed by atoms with Crippen LogP contribution in [-0.2, 0) is 11.2 Å². The van der Waals surface area contributed by atoms with E-state index in [4.69, 9.17) is 16.3 Å². The molecule has 1 fully saturated rings. The second-order valence-electron chi connectivity index (χ2n) is 7.22. The number of halogens is 1. The molecule has 1 saturated heterocycles. The molecule has 0 unspecified atom stereocenters. The molecule has 2 amide bonds. The first kappa shape index (κ1) is 21.2. The van der Waals surface area contributed by atoms with Crippen LogP contribution in [0.2, 0.25) is 5.02 Å². The second-order valence-corrected chi connectivity index (χ2v) is 7.66. The van der Waals surface area contributed by atoms with Crippen LogP contribution >= 0.6 is 11.6 Å². The number of ether oxygens (including phenoxy) is 1. The molecule has 0 spiro atoms. The van der Waals surface area contributed by atoms with Gasteiger partial charge in [-0.05, 0) is 48.7 Å². The Balaban J connectivity index is 1.50. The molecule has 0 aliphatic carbocycles. The molecule has 0 saturated carbocycles. The Morgan fingerprint density at radius 1 is 1.00 bits per heavy atom. The van der Waals surface area contributed by atoms with E-state index in [1.165, 1.54) is 5.56 Å². The van der Waals surface area contributed by atoms with Gasteiger partial charge in [0.15, 0.2) is 6.61 Å². The van der Waals surface area contributed by atoms with Crippen LogP contribution in [0.1, 0.15) is 35.7 Å². The van der Waals surface area contributed by atoms with Crippen LogP contribution in [0.5, 0.6) is 5.75 Å². The summed E-state index contributed by atoms with van der Waals surface area (Å²) in [6.45, 7) is 4.40. The average molecular weight is 415 g/mol. The normalized spacial score (nSPS) is 14.4. The highest BCUT2D eigenvalue weighted by Gasteiger charge is 2.23. The molecule has 0 atom stereocenters. The average Bonchev–Trinajstić information content (AvgIpc) is 2.99. The topological polar surface area (TPSA) is 49.9 Å². The number of aryl methyl sites for hydroxylation is 1. The van der Waals surface area contributed by atoms with E-state index in [1.54, 1.807) is 34.1 Å². The zero-order chi connectivity index (χ0) is 20.6. The molecule has 29 heavy (non-hydrogen) atoms. The summed E-state index contributed by atoms with van der Waals surface area (Å²) >= 11 is 6.00. The van der Waals surface area contributed by atoms with Gasteiger partial charge in [0.2, 0.25) is 0 Å². The standard InChI is InChI=1S/C23H27ClN2O3/c1-2-5-18-8-10-21(11-9-18)29-17-22(27)25-12-4-13-26(15-14-25)23(28)19-6-3-7-20(24)16-19/h3,6-11,16H,2,4-5,12-15,17H2,1H3. The smallest absolute Gasteiger partial charge is 0.260 e. The number of hydrogen-bond donors (Lipinski definition) is 0. The lowest BCUT2D eigenvalue weighted by atomic mass is 10.1. The van der Waals surface area contributed by atoms with Crippen LogP contribution in [0.15, 0.2) is 48.5 Å². The molecule has 0 radical (unpaired) electrons. The Kier molecular flexibility index (Phi) is 7.53. The molecule has 1 heterocycles. The van der Waals surface area contributed by atoms with E-state index < -0.39 is 0 Å². The number of carbonyl (C=O) groups is 2. The van der Waals surface area contributed by atoms with E-state index in [1.807, 2.05) is 24.3 Å². The van der Waals surface area contributed by atoms with Crippen LogP contribution in [0.3, 0.4) is 0 Å². The lowest BCUT2D eigenvalue weighted by molar-refractivity contribution is -0.133. The molecule has 3 rings (SSSR count). The van der Waals surface area contributed by atoms with Crippen molar-refractivity contribution in [3.63, 3.8) is 0 Å². The zero-order valence-electron chi connectivity index (χ0n) is 16.8. The molecule has 2 aromatic rings. The molecule has 154 valence electrons. The van der Waals surface area contributed by atoms with Crippen molar-refractivity contribution in [1.82, 2.24) is 9.80 Å². The third-order valence-electron chi connectivity index (χ3n) is 5.03. The molecule has 0 aromatic heterocycles. The SMILES string of the molecule is CCCc1ccc(OCC(=O)N2CCCN(C(=O)c3cccc(Cl)c3)CC2)cc1. The van der Waals surface area contributed by atoms with Gasteiger partial charge >= 0.3 is 0 Å². The fraction of sp³-hybridized carbons (Fsp3) is 0.391. The summed E-state index contributed by atoms with van der Waals surface area (Å²) in [6, 6.07) is 14.9. The van der Waals surface area contributed by atoms with E-state index in [9.17, 15) is 9.59 Å². The minimum Gasteiger partial charge on any atom is -0.484 e. The van der Waals surface area contributed by atoms with Crippen molar-refractivity contribution in [3.05, 3.63) is 64.7 Å². The summed E-state index contributed by atoms with van der Waals surface area (Å²) in [6.07, 6.45) is 2.88. The van der Waals surface area contributed by atoms with E-state index in [-0.39, 0.29) is 18.4 Å². The number of nitrogens with zero attached hydrogens (tertiary/aromatic N) is 2. The van der Waals surface area contributed by atoms with Crippen LogP contribution in [0.4, 0.5) is 0 Å². The van der Waals surface area contributed by atoms with Crippen molar-refractivity contribution in [2.75, 3.05) is 32.8 Å². The van der Waals surface area contributed by atoms with Crippen molar-refractivity contribution in [3.8, 4) is 5.75 Å². The Bertz CT molecular complexity index is 838. The van der Waals surface area contributed by atoms with Gasteiger partial charge in [0.25, 0.3) is 11.8 Å². The van der Waals surface area contributed by atoms with Crippen LogP contribution in [0, 0.1) is 0 Å². The van der Waals surface area contributed by atoms with Crippen molar-refractivity contribution in [2.45, 2.75) is 26.2 Å². The van der Waals surface area contributed by atoms with Gasteiger partial charge < -0.3 is 14.5 Å². The molecular weight excluding hydrogens is 388 g/mol. The molecular formula is C23H27ClN2O3. The largest absolute Gasteiger partial charge is 0.484 e. The van der Waals surface area contributed by atoms with Gasteiger partial charge in [0.05, 0.1) is 0 Å². The highest BCUT2D eigenvalue weighted by Crippen LogP contribution is 2.16. The Hall–Kier alpha value is -2.53. The van der Waals surface area contributed by atoms with E-state index in [0.29, 0.717) is 42.5 Å². The highest BCUT2D eigenvalue weighted by atomic mass is 35.5. The van der Waals surface area contributed by atoms with E-state index in [0.717, 1.165) is 19.3 Å². The van der Waals surface area contributed by atoms with Crippen molar-refractivity contribution < 1.29 is 14.3 Å². The second kappa shape index (κ2) is 10.3. The first-order chi connectivity index (χ1) is 14.1. The minimum atomic E-state index is -0.0558. The maximum absolute atomic E-state index is 12.7. The number of rotatable bonds is 6. The minimum absolute atomic E-state index is 0.00929. The van der Waals surface area contributed by atoms with Gasteiger partial charge in [-0.15, -0.1) is 0 Å². The predicted molar refractivity (Wildman–Crippen MR) is 114 cm³/mol. The monoisotopic (exact) mass is 414 g/mol. The molecule has 1 aliphatic heterocycles. The maximum atomic E-state index is 12.7. The summed E-state index contributed by atoms with van der Waals surface area (Å²) in [5.41, 5.74) is 1.84. The van der Waals surface area contributed by atoms with Crippen molar-refractivity contribution in [2.24, 2.45) is 0 Å². The highest BCUT2D eigenvalue weighted by molar-refractivity contribution is 6.30. The fourth-order valence-electron chi connectivity index (χ4n) is 3.45. The maximum Gasteiger partial charge on any atom is 0.260 e. The Labute approximate surface area is 177 Å². The summed E-state index contributed by atoms with van der Waals surface area (Å²) < 4.78 is 5.67. The third kappa shape index (κ3) is 5.97. The first-order valence-electron chi connectivity index (χ1n) is 10.1. The van der Waals surface area contributed by atoms with Crippen molar-refractivity contribution >= 4 is 23.4 Å². The molecule has 6 heteroatoms. The lowest BCUT2D eigenvalue weighted by Crippen LogP contribution is -2.39. The molecule has 1 aliphatic rings. The van der Waals surface area contributed by atoms with Gasteiger partial charge in [-0.2, -0.15) is 0 Å². The molecule has 0 bridgehead atoms. The Morgan fingerprint density at radius 3 is 2.45 bits per heavy atom. The third-order valence-corrected chi connectivity index (χ3v) is 5.27. The fourth-order valence-corrected chi connectivity index (χ4v) is 3.64. The molecule has 0 N–H and O–H groups in total. The van der Waals surface area contributed by atoms with Crippen LogP contribution in [0.25, 0.3) is 0 Å². The van der Waals surface area contributed by atoms with Crippen LogP contribution in [-0.4, -0.2) is 54.4 Å². The summed E-state index contributed by atoms with van der Waals surface area (Å²) in [4.78, 5) is 28.8. The number of hydrogen-bond acceptors (Lipinski definition) is 3. The molecule has 5 nitrogen and oxygen atoms in total. The van der Waals surface area contributed by atoms with Crippen molar-refractivity contribution in [1.29, 1.82) is 0 Å². The quantitative estimate of drug-likeness (QED) is 0.716. The van der Waals surface area contributed by atoms with Gasteiger partial charge in [-0.25, -0.2) is 0 Å². The number of amides is 2. The zero-order valence-corrected chi connectivity index (χ0v) is 17.5. The van der Waals surface area contributed by atoms with Gasteiger partial charge in [0, 0.05) is 36.8 Å². The summed E-state index contributed by atoms with van der Waals surface area (Å²) in [7, 11) is 0. The summed E-state index contributed by atoms with van der Waals surface area (Å²) in [5.74, 6) is 0.593. The van der Waals surface area contributed by atoms with Gasteiger partial charge in [-0.1, -0.05) is 43.1 Å². The summed E-state index contributed by atoms with van der Waals surface area (Å²) in [5, 5.41) is 0.544. The Morgan fingerprint density at radius 2 is 1.72 bits per heavy atom. The van der Waals surface area contributed by atoms with Gasteiger partial charge in [0.1, 0.15) is 5.75 Å². The predicted octanol–water partition coefficient (Wildman–Crippen LogP) is 4.05. The van der Waals surface area contributed by atoms with E-state index >= 15 is 0 Å².